The van der Waals surface area contributed by atoms with E-state index in [1.807, 2.05) is 12.1 Å². The van der Waals surface area contributed by atoms with Crippen LogP contribution in [0.15, 0.2) is 24.3 Å². The molecule has 3 nitrogen and oxygen atoms in total. The number of nitrogens with one attached hydrogen (secondary N) is 2. The number of rotatable bonds is 1. The van der Waals surface area contributed by atoms with Crippen LogP contribution < -0.4 is 10.6 Å². The highest BCUT2D eigenvalue weighted by Crippen LogP contribution is 2.44. The van der Waals surface area contributed by atoms with Crippen LogP contribution in [0.1, 0.15) is 57.9 Å². The Bertz CT molecular complexity index is 532. The number of carbonyl (C=O) groups is 1. The van der Waals surface area contributed by atoms with Gasteiger partial charge in [-0.15, -0.1) is 0 Å². The van der Waals surface area contributed by atoms with Crippen LogP contribution in [0.4, 0.5) is 5.69 Å². The molecule has 1 saturated carbocycles. The molecule has 0 bridgehead atoms. The maximum absolute atomic E-state index is 12.9. The molecule has 3 atom stereocenters. The topological polar surface area (TPSA) is 41.1 Å². The van der Waals surface area contributed by atoms with Crippen molar-refractivity contribution in [1.82, 2.24) is 5.32 Å². The molecular weight excluding hydrogens is 260 g/mol. The highest BCUT2D eigenvalue weighted by molar-refractivity contribution is 5.87. The smallest absolute Gasteiger partial charge is 0.228 e. The molecule has 1 aliphatic carbocycles. The van der Waals surface area contributed by atoms with E-state index in [2.05, 4.69) is 43.5 Å². The van der Waals surface area contributed by atoms with Crippen molar-refractivity contribution in [3.8, 4) is 0 Å². The average molecular weight is 286 g/mol. The lowest BCUT2D eigenvalue weighted by atomic mass is 9.70. The normalized spacial score (nSPS) is 28.0. The van der Waals surface area contributed by atoms with Gasteiger partial charge in [0.1, 0.15) is 0 Å². The molecule has 3 rings (SSSR count). The minimum absolute atomic E-state index is 0.00743. The van der Waals surface area contributed by atoms with Gasteiger partial charge in [-0.05, 0) is 51.2 Å². The number of carbonyl (C=O) groups excluding carboxylic acids is 1. The second-order valence-corrected chi connectivity index (χ2v) is 7.50. The zero-order chi connectivity index (χ0) is 15.0. The first-order chi connectivity index (χ1) is 9.96. The first-order valence-corrected chi connectivity index (χ1v) is 8.13. The van der Waals surface area contributed by atoms with E-state index in [0.29, 0.717) is 12.0 Å². The summed E-state index contributed by atoms with van der Waals surface area (Å²) in [5.74, 6) is 0.608. The minimum Gasteiger partial charge on any atom is -0.382 e. The Balaban J connectivity index is 1.96. The van der Waals surface area contributed by atoms with E-state index >= 15 is 0 Å². The highest BCUT2D eigenvalue weighted by Gasteiger charge is 2.42. The van der Waals surface area contributed by atoms with Gasteiger partial charge in [0.2, 0.25) is 5.91 Å². The lowest BCUT2D eigenvalue weighted by molar-refractivity contribution is -0.125. The van der Waals surface area contributed by atoms with Crippen molar-refractivity contribution < 1.29 is 4.79 Å². The number of para-hydroxylation sites is 1. The van der Waals surface area contributed by atoms with E-state index in [-0.39, 0.29) is 17.4 Å². The Morgan fingerprint density at radius 1 is 1.19 bits per heavy atom. The maximum Gasteiger partial charge on any atom is 0.228 e. The second kappa shape index (κ2) is 5.36. The largest absolute Gasteiger partial charge is 0.382 e. The number of hydrogen-bond donors (Lipinski definition) is 2. The molecule has 0 aromatic heterocycles. The van der Waals surface area contributed by atoms with Crippen LogP contribution >= 0.6 is 0 Å². The lowest BCUT2D eigenvalue weighted by Crippen LogP contribution is -2.49. The van der Waals surface area contributed by atoms with Crippen LogP contribution in [0, 0.1) is 5.92 Å². The quantitative estimate of drug-likeness (QED) is 0.827. The van der Waals surface area contributed by atoms with Gasteiger partial charge in [0.15, 0.2) is 0 Å². The second-order valence-electron chi connectivity index (χ2n) is 7.50. The van der Waals surface area contributed by atoms with Crippen molar-refractivity contribution in [1.29, 1.82) is 0 Å². The van der Waals surface area contributed by atoms with Crippen molar-refractivity contribution in [3.05, 3.63) is 29.8 Å². The van der Waals surface area contributed by atoms with Gasteiger partial charge in [-0.2, -0.15) is 0 Å². The molecule has 114 valence electrons. The first kappa shape index (κ1) is 14.4. The monoisotopic (exact) mass is 286 g/mol. The molecule has 1 aromatic carbocycles. The average Bonchev–Trinajstić information content (AvgIpc) is 2.42. The summed E-state index contributed by atoms with van der Waals surface area (Å²) in [7, 11) is 0. The van der Waals surface area contributed by atoms with Crippen molar-refractivity contribution in [2.24, 2.45) is 5.92 Å². The Morgan fingerprint density at radius 3 is 2.67 bits per heavy atom. The molecule has 1 aromatic rings. The van der Waals surface area contributed by atoms with Gasteiger partial charge < -0.3 is 10.6 Å². The molecule has 2 aliphatic rings. The third-order valence-electron chi connectivity index (χ3n) is 4.66. The summed E-state index contributed by atoms with van der Waals surface area (Å²) in [6.45, 7) is 6.16. The number of benzene rings is 1. The van der Waals surface area contributed by atoms with Crippen LogP contribution in [0.3, 0.4) is 0 Å². The molecule has 0 spiro atoms. The molecule has 1 heterocycles. The van der Waals surface area contributed by atoms with Crippen LogP contribution in [0.5, 0.6) is 0 Å². The predicted molar refractivity (Wildman–Crippen MR) is 86.4 cm³/mol. The van der Waals surface area contributed by atoms with Crippen LogP contribution in [0.25, 0.3) is 0 Å². The number of fused-ring (bicyclic) bond motifs is 2. The zero-order valence-corrected chi connectivity index (χ0v) is 13.3. The van der Waals surface area contributed by atoms with Crippen LogP contribution in [-0.4, -0.2) is 17.5 Å². The molecule has 1 fully saturated rings. The van der Waals surface area contributed by atoms with Crippen molar-refractivity contribution >= 4 is 11.6 Å². The molecule has 1 aliphatic heterocycles. The van der Waals surface area contributed by atoms with Crippen molar-refractivity contribution in [3.63, 3.8) is 0 Å². The third kappa shape index (κ3) is 2.92. The summed E-state index contributed by atoms with van der Waals surface area (Å²) in [4.78, 5) is 12.9. The Hall–Kier alpha value is -1.51. The highest BCUT2D eigenvalue weighted by atomic mass is 16.2. The molecule has 3 heteroatoms. The van der Waals surface area contributed by atoms with Crippen LogP contribution in [0.2, 0.25) is 0 Å². The summed E-state index contributed by atoms with van der Waals surface area (Å²) < 4.78 is 0. The third-order valence-corrected chi connectivity index (χ3v) is 4.66. The Labute approximate surface area is 127 Å². The van der Waals surface area contributed by atoms with Crippen molar-refractivity contribution in [2.75, 3.05) is 5.32 Å². The molecule has 0 saturated heterocycles. The summed E-state index contributed by atoms with van der Waals surface area (Å²) in [6, 6.07) is 8.76. The Morgan fingerprint density at radius 2 is 1.90 bits per heavy atom. The molecule has 1 amide bonds. The van der Waals surface area contributed by atoms with Gasteiger partial charge in [0.05, 0.1) is 5.92 Å². The first-order valence-electron chi connectivity index (χ1n) is 8.13. The van der Waals surface area contributed by atoms with Gasteiger partial charge in [0.25, 0.3) is 0 Å². The van der Waals surface area contributed by atoms with E-state index in [4.69, 9.17) is 0 Å². The fourth-order valence-electron chi connectivity index (χ4n) is 3.85. The van der Waals surface area contributed by atoms with E-state index in [1.54, 1.807) is 0 Å². The fourth-order valence-corrected chi connectivity index (χ4v) is 3.85. The van der Waals surface area contributed by atoms with E-state index in [0.717, 1.165) is 12.1 Å². The van der Waals surface area contributed by atoms with Crippen LogP contribution in [-0.2, 0) is 4.79 Å². The lowest BCUT2D eigenvalue weighted by Gasteiger charge is -2.43. The summed E-state index contributed by atoms with van der Waals surface area (Å²) in [6.07, 6.45) is 4.83. The summed E-state index contributed by atoms with van der Waals surface area (Å²) in [5.41, 5.74) is 2.14. The standard InChI is InChI=1S/C18H26N2O/c1-18(2,3)20-17(21)16-12-8-4-6-10-14(12)19-15-11-7-5-9-13(15)16/h4,6,8,10,13,15-16,19H,5,7,9,11H2,1-3H3,(H,20,21)/t13-,15-,16-/m1/s1. The molecule has 2 N–H and O–H groups in total. The Kier molecular flexibility index (Phi) is 3.68. The molecule has 21 heavy (non-hydrogen) atoms. The molecular formula is C18H26N2O. The van der Waals surface area contributed by atoms with Gasteiger partial charge in [-0.25, -0.2) is 0 Å². The number of anilines is 1. The van der Waals surface area contributed by atoms with Gasteiger partial charge in [-0.1, -0.05) is 31.0 Å². The number of hydrogen-bond acceptors (Lipinski definition) is 2. The summed E-state index contributed by atoms with van der Waals surface area (Å²) in [5, 5.41) is 6.86. The van der Waals surface area contributed by atoms with Gasteiger partial charge in [0, 0.05) is 17.3 Å². The maximum atomic E-state index is 12.9. The van der Waals surface area contributed by atoms with E-state index in [9.17, 15) is 4.79 Å². The summed E-state index contributed by atoms with van der Waals surface area (Å²) >= 11 is 0. The molecule has 0 radical (unpaired) electrons. The van der Waals surface area contributed by atoms with Gasteiger partial charge >= 0.3 is 0 Å². The number of amides is 1. The molecule has 0 unspecified atom stereocenters. The fraction of sp³-hybridized carbons (Fsp3) is 0.611. The zero-order valence-electron chi connectivity index (χ0n) is 13.3. The van der Waals surface area contributed by atoms with E-state index in [1.165, 1.54) is 24.8 Å². The van der Waals surface area contributed by atoms with Crippen molar-refractivity contribution in [2.45, 2.75) is 64.0 Å². The minimum atomic E-state index is -0.179. The predicted octanol–water partition coefficient (Wildman–Crippen LogP) is 3.67. The SMILES string of the molecule is CC(C)(C)NC(=O)[C@@H]1c2ccccc2N[C@@H]2CCCC[C@@H]12. The van der Waals surface area contributed by atoms with Gasteiger partial charge in [-0.3, -0.25) is 4.79 Å². The van der Waals surface area contributed by atoms with E-state index < -0.39 is 0 Å².